The fourth-order valence-electron chi connectivity index (χ4n) is 1.96. The number of anilines is 1. The van der Waals surface area contributed by atoms with E-state index in [4.69, 9.17) is 10.5 Å². The summed E-state index contributed by atoms with van der Waals surface area (Å²) < 4.78 is 6.11. The number of carbonyl (C=O) groups excluding carboxylic acids is 1. The quantitative estimate of drug-likeness (QED) is 0.675. The minimum absolute atomic E-state index is 0.0493. The molecule has 0 spiro atoms. The summed E-state index contributed by atoms with van der Waals surface area (Å²) in [5.74, 6) is 0.0493. The average Bonchev–Trinajstić information content (AvgIpc) is 2.42. The second-order valence-corrected chi connectivity index (χ2v) is 5.55. The molecule has 20 heavy (non-hydrogen) atoms. The zero-order chi connectivity index (χ0) is 14.8. The molecule has 0 atom stereocenters. The smallest absolute Gasteiger partial charge is 0.224 e. The fraction of sp³-hybridized carbons (Fsp3) is 0.533. The van der Waals surface area contributed by atoms with Gasteiger partial charge in [-0.3, -0.25) is 4.79 Å². The first kappa shape index (κ1) is 17.1. The van der Waals surface area contributed by atoms with Gasteiger partial charge in [-0.1, -0.05) is 34.8 Å². The van der Waals surface area contributed by atoms with Gasteiger partial charge in [0.2, 0.25) is 5.91 Å². The highest BCUT2D eigenvalue weighted by Gasteiger charge is 2.09. The van der Waals surface area contributed by atoms with Crippen LogP contribution in [0.25, 0.3) is 0 Å². The Morgan fingerprint density at radius 3 is 2.75 bits per heavy atom. The Morgan fingerprint density at radius 1 is 1.30 bits per heavy atom. The molecule has 1 aromatic carbocycles. The Balaban J connectivity index is 2.47. The number of methoxy groups -OCH3 is 1. The van der Waals surface area contributed by atoms with Crippen LogP contribution in [0.3, 0.4) is 0 Å². The number of unbranched alkanes of at least 4 members (excludes halogenated alkanes) is 3. The van der Waals surface area contributed by atoms with E-state index in [0.29, 0.717) is 13.0 Å². The molecule has 0 saturated carbocycles. The number of hydrogen-bond donors (Lipinski definition) is 2. The van der Waals surface area contributed by atoms with E-state index in [-0.39, 0.29) is 5.91 Å². The molecule has 1 aromatic rings. The van der Waals surface area contributed by atoms with Crippen molar-refractivity contribution in [1.82, 2.24) is 0 Å². The highest BCUT2D eigenvalue weighted by molar-refractivity contribution is 9.10. The molecular formula is C15H23BrN2O2. The molecule has 1 amide bonds. The van der Waals surface area contributed by atoms with Crippen molar-refractivity contribution in [3.05, 3.63) is 28.2 Å². The largest absolute Gasteiger partial charge is 0.380 e. The van der Waals surface area contributed by atoms with E-state index >= 15 is 0 Å². The summed E-state index contributed by atoms with van der Waals surface area (Å²) in [5, 5.41) is 2.95. The number of halogens is 1. The number of nitrogens with two attached hydrogens (primary N) is 1. The SMILES string of the molecule is COCc1c(Br)cccc1NC(=O)CCCCCCN. The van der Waals surface area contributed by atoms with Gasteiger partial charge in [-0.05, 0) is 31.5 Å². The van der Waals surface area contributed by atoms with Crippen LogP contribution in [0.5, 0.6) is 0 Å². The van der Waals surface area contributed by atoms with Crippen LogP contribution in [0.2, 0.25) is 0 Å². The normalized spacial score (nSPS) is 10.6. The predicted molar refractivity (Wildman–Crippen MR) is 85.6 cm³/mol. The third-order valence-corrected chi connectivity index (χ3v) is 3.78. The molecule has 0 aromatic heterocycles. The van der Waals surface area contributed by atoms with Crippen LogP contribution >= 0.6 is 15.9 Å². The minimum Gasteiger partial charge on any atom is -0.380 e. The lowest BCUT2D eigenvalue weighted by Gasteiger charge is -2.12. The Kier molecular flexibility index (Phi) is 8.49. The molecule has 0 aliphatic heterocycles. The topological polar surface area (TPSA) is 64.3 Å². The molecule has 0 fully saturated rings. The number of hydrogen-bond acceptors (Lipinski definition) is 3. The molecule has 1 rings (SSSR count). The summed E-state index contributed by atoms with van der Waals surface area (Å²) in [6.45, 7) is 1.19. The summed E-state index contributed by atoms with van der Waals surface area (Å²) in [4.78, 5) is 11.9. The number of nitrogens with one attached hydrogen (secondary N) is 1. The van der Waals surface area contributed by atoms with Crippen molar-refractivity contribution in [3.8, 4) is 0 Å². The van der Waals surface area contributed by atoms with Crippen molar-refractivity contribution >= 4 is 27.5 Å². The lowest BCUT2D eigenvalue weighted by molar-refractivity contribution is -0.116. The second-order valence-electron chi connectivity index (χ2n) is 4.70. The van der Waals surface area contributed by atoms with Gasteiger partial charge in [-0.15, -0.1) is 0 Å². The van der Waals surface area contributed by atoms with E-state index in [2.05, 4.69) is 21.2 Å². The summed E-state index contributed by atoms with van der Waals surface area (Å²) in [6, 6.07) is 5.74. The molecule has 3 N–H and O–H groups in total. The maximum absolute atomic E-state index is 11.9. The van der Waals surface area contributed by atoms with Gasteiger partial charge in [0.25, 0.3) is 0 Å². The summed E-state index contributed by atoms with van der Waals surface area (Å²) in [6.07, 6.45) is 4.62. The van der Waals surface area contributed by atoms with Crippen LogP contribution in [0.4, 0.5) is 5.69 Å². The molecule has 0 radical (unpaired) electrons. The first-order chi connectivity index (χ1) is 9.69. The van der Waals surface area contributed by atoms with Gasteiger partial charge in [0, 0.05) is 29.3 Å². The Hall–Kier alpha value is -0.910. The highest BCUT2D eigenvalue weighted by atomic mass is 79.9. The standard InChI is InChI=1S/C15H23BrN2O2/c1-20-11-12-13(16)7-6-8-14(12)18-15(19)9-4-2-3-5-10-17/h6-8H,2-5,9-11,17H2,1H3,(H,18,19). The maximum atomic E-state index is 11.9. The molecule has 112 valence electrons. The lowest BCUT2D eigenvalue weighted by Crippen LogP contribution is -2.13. The third-order valence-electron chi connectivity index (χ3n) is 3.04. The molecule has 5 heteroatoms. The van der Waals surface area contributed by atoms with Crippen LogP contribution in [0.1, 0.15) is 37.7 Å². The van der Waals surface area contributed by atoms with E-state index in [1.54, 1.807) is 7.11 Å². The first-order valence-corrected chi connectivity index (χ1v) is 7.74. The van der Waals surface area contributed by atoms with Gasteiger partial charge in [0.05, 0.1) is 6.61 Å². The molecule has 4 nitrogen and oxygen atoms in total. The van der Waals surface area contributed by atoms with Crippen molar-refractivity contribution in [1.29, 1.82) is 0 Å². The lowest BCUT2D eigenvalue weighted by atomic mass is 10.1. The van der Waals surface area contributed by atoms with Crippen LogP contribution in [0, 0.1) is 0 Å². The minimum atomic E-state index is 0.0493. The van der Waals surface area contributed by atoms with E-state index < -0.39 is 0 Å². The van der Waals surface area contributed by atoms with Crippen LogP contribution in [-0.2, 0) is 16.1 Å². The Labute approximate surface area is 129 Å². The molecule has 0 bridgehead atoms. The van der Waals surface area contributed by atoms with E-state index in [1.807, 2.05) is 18.2 Å². The van der Waals surface area contributed by atoms with E-state index in [1.165, 1.54) is 0 Å². The van der Waals surface area contributed by atoms with Gasteiger partial charge in [0.15, 0.2) is 0 Å². The molecular weight excluding hydrogens is 320 g/mol. The fourth-order valence-corrected chi connectivity index (χ4v) is 2.44. The summed E-state index contributed by atoms with van der Waals surface area (Å²) in [5.41, 5.74) is 7.21. The number of carbonyl (C=O) groups is 1. The van der Waals surface area contributed by atoms with Crippen LogP contribution < -0.4 is 11.1 Å². The maximum Gasteiger partial charge on any atom is 0.224 e. The van der Waals surface area contributed by atoms with Gasteiger partial charge in [0.1, 0.15) is 0 Å². The zero-order valence-electron chi connectivity index (χ0n) is 12.0. The van der Waals surface area contributed by atoms with Gasteiger partial charge >= 0.3 is 0 Å². The van der Waals surface area contributed by atoms with Crippen molar-refractivity contribution in [2.45, 2.75) is 38.7 Å². The molecule has 0 saturated heterocycles. The summed E-state index contributed by atoms with van der Waals surface area (Å²) >= 11 is 3.48. The molecule has 0 heterocycles. The van der Waals surface area contributed by atoms with Crippen molar-refractivity contribution in [2.75, 3.05) is 19.0 Å². The number of ether oxygens (including phenoxy) is 1. The predicted octanol–water partition coefficient (Wildman–Crippen LogP) is 3.44. The second kappa shape index (κ2) is 9.91. The van der Waals surface area contributed by atoms with E-state index in [0.717, 1.165) is 48.0 Å². The monoisotopic (exact) mass is 342 g/mol. The number of rotatable bonds is 9. The van der Waals surface area contributed by atoms with Crippen LogP contribution in [0.15, 0.2) is 22.7 Å². The van der Waals surface area contributed by atoms with Gasteiger partial charge < -0.3 is 15.8 Å². The van der Waals surface area contributed by atoms with Crippen LogP contribution in [-0.4, -0.2) is 19.6 Å². The van der Waals surface area contributed by atoms with Gasteiger partial charge in [-0.25, -0.2) is 0 Å². The first-order valence-electron chi connectivity index (χ1n) is 6.95. The summed E-state index contributed by atoms with van der Waals surface area (Å²) in [7, 11) is 1.64. The Morgan fingerprint density at radius 2 is 2.05 bits per heavy atom. The Bertz CT molecular complexity index is 424. The zero-order valence-corrected chi connectivity index (χ0v) is 13.5. The van der Waals surface area contributed by atoms with Crippen molar-refractivity contribution in [3.63, 3.8) is 0 Å². The number of benzene rings is 1. The number of amides is 1. The average molecular weight is 343 g/mol. The van der Waals surface area contributed by atoms with Gasteiger partial charge in [-0.2, -0.15) is 0 Å². The van der Waals surface area contributed by atoms with Crippen molar-refractivity contribution < 1.29 is 9.53 Å². The molecule has 0 unspecified atom stereocenters. The van der Waals surface area contributed by atoms with Crippen molar-refractivity contribution in [2.24, 2.45) is 5.73 Å². The molecule has 0 aliphatic carbocycles. The highest BCUT2D eigenvalue weighted by Crippen LogP contribution is 2.25. The van der Waals surface area contributed by atoms with E-state index in [9.17, 15) is 4.79 Å². The third kappa shape index (κ3) is 6.03. The molecule has 0 aliphatic rings.